The van der Waals surface area contributed by atoms with Crippen molar-refractivity contribution in [2.75, 3.05) is 100 Å². The van der Waals surface area contributed by atoms with Crippen molar-refractivity contribution in [3.63, 3.8) is 0 Å². The van der Waals surface area contributed by atoms with Crippen LogP contribution in [0.3, 0.4) is 0 Å². The number of nitrogens with two attached hydrogens (primary N) is 2. The molecule has 310 valence electrons. The minimum absolute atomic E-state index is 0.0273. The number of carbonyl (C=O) groups is 3. The van der Waals surface area contributed by atoms with Gasteiger partial charge < -0.3 is 32.7 Å². The molecule has 0 saturated carbocycles. The van der Waals surface area contributed by atoms with Gasteiger partial charge in [0.25, 0.3) is 5.69 Å². The first-order chi connectivity index (χ1) is 27.5. The fourth-order valence-corrected chi connectivity index (χ4v) is 6.88. The summed E-state index contributed by atoms with van der Waals surface area (Å²) in [5.74, 6) is 0.157. The molecule has 0 radical (unpaired) electrons. The first-order valence-corrected chi connectivity index (χ1v) is 20.5. The molecule has 6 aliphatic rings. The van der Waals surface area contributed by atoms with Crippen molar-refractivity contribution in [1.82, 2.24) is 15.1 Å². The molecular formula is C43H63N9O5. The number of carbonyl (C=O) groups excluding carboxylic acids is 3. The number of hydrogen-bond donors (Lipinski definition) is 6. The largest absolute Gasteiger partial charge is 0.397 e. The SMILES string of the molecule is CN1CCCCCCNc2ccc(cc2N)C(=O)C1.CN1CCCCCCNc2ccc(cc2[N+](=O)[O-])C(=O)C1.Nc1cc2ccc1NCCCCCNCC2=O. The second kappa shape index (κ2) is 23.9. The lowest BCUT2D eigenvalue weighted by molar-refractivity contribution is -0.384. The van der Waals surface area contributed by atoms with E-state index in [1.807, 2.05) is 43.3 Å². The molecule has 0 aromatic heterocycles. The Morgan fingerprint density at radius 1 is 0.544 bits per heavy atom. The Labute approximate surface area is 337 Å². The molecule has 0 spiro atoms. The Balaban J connectivity index is 0.000000190. The monoisotopic (exact) mass is 785 g/mol. The second-order valence-corrected chi connectivity index (χ2v) is 15.2. The highest BCUT2D eigenvalue weighted by Gasteiger charge is 2.19. The molecule has 57 heavy (non-hydrogen) atoms. The first kappa shape index (κ1) is 44.7. The first-order valence-electron chi connectivity index (χ1n) is 20.5. The molecule has 0 aliphatic carbocycles. The van der Waals surface area contributed by atoms with Crippen LogP contribution in [0.4, 0.5) is 34.1 Å². The summed E-state index contributed by atoms with van der Waals surface area (Å²) in [6, 6.07) is 15.7. The predicted molar refractivity (Wildman–Crippen MR) is 232 cm³/mol. The van der Waals surface area contributed by atoms with Crippen LogP contribution in [0.25, 0.3) is 0 Å². The third-order valence-corrected chi connectivity index (χ3v) is 10.3. The molecule has 6 heterocycles. The number of nitrogens with zero attached hydrogens (tertiary/aromatic N) is 3. The number of anilines is 5. The second-order valence-electron chi connectivity index (χ2n) is 15.2. The molecule has 6 bridgehead atoms. The summed E-state index contributed by atoms with van der Waals surface area (Å²) in [7, 11) is 3.91. The molecule has 0 atom stereocenters. The van der Waals surface area contributed by atoms with Crippen molar-refractivity contribution >= 4 is 51.5 Å². The van der Waals surface area contributed by atoms with Crippen LogP contribution < -0.4 is 32.7 Å². The molecule has 3 aromatic rings. The summed E-state index contributed by atoms with van der Waals surface area (Å²) in [6.07, 6.45) is 12.4. The normalized spacial score (nSPS) is 18.2. The zero-order valence-electron chi connectivity index (χ0n) is 33.9. The van der Waals surface area contributed by atoms with Gasteiger partial charge in [0.1, 0.15) is 5.69 Å². The maximum atomic E-state index is 12.2. The van der Waals surface area contributed by atoms with E-state index in [1.165, 1.54) is 18.9 Å². The number of likely N-dealkylation sites (N-methyl/N-ethyl adjacent to an activating group) is 2. The van der Waals surface area contributed by atoms with Gasteiger partial charge in [-0.25, -0.2) is 0 Å². The molecule has 3 aromatic carbocycles. The van der Waals surface area contributed by atoms with Crippen molar-refractivity contribution < 1.29 is 19.3 Å². The van der Waals surface area contributed by atoms with E-state index in [0.717, 1.165) is 102 Å². The molecule has 0 amide bonds. The van der Waals surface area contributed by atoms with Gasteiger partial charge in [0.2, 0.25) is 0 Å². The van der Waals surface area contributed by atoms with Gasteiger partial charge in [-0.15, -0.1) is 0 Å². The molecule has 8 N–H and O–H groups in total. The minimum atomic E-state index is -0.436. The third kappa shape index (κ3) is 15.4. The number of ketones is 3. The van der Waals surface area contributed by atoms with E-state index in [-0.39, 0.29) is 23.0 Å². The fourth-order valence-electron chi connectivity index (χ4n) is 6.88. The Morgan fingerprint density at radius 3 is 1.44 bits per heavy atom. The van der Waals surface area contributed by atoms with Crippen molar-refractivity contribution in [2.24, 2.45) is 0 Å². The standard InChI is InChI=1S/C15H21N3O3.C15H23N3O.C13H19N3O/c1-17-9-5-3-2-4-8-16-13-7-6-12(15(19)11-17)10-14(13)18(20)21;1-18-9-5-3-2-4-8-17-14-7-6-12(10-13(14)16)15(19)11-18;14-11-8-10-4-5-12(11)16-7-3-1-2-6-15-9-13(10)17/h6-7,10,16H,2-5,8-9,11H2,1H3;6-7,10,17H,2-5,8-9,11,16H2,1H3;4-5,8,15-16H,1-3,6-7,9,14H2. The highest BCUT2D eigenvalue weighted by atomic mass is 16.6. The van der Waals surface area contributed by atoms with Gasteiger partial charge in [0, 0.05) is 42.4 Å². The van der Waals surface area contributed by atoms with E-state index in [2.05, 4.69) is 26.2 Å². The van der Waals surface area contributed by atoms with E-state index in [9.17, 15) is 24.5 Å². The van der Waals surface area contributed by atoms with Crippen molar-refractivity contribution in [2.45, 2.75) is 70.6 Å². The minimum Gasteiger partial charge on any atom is -0.397 e. The average molecular weight is 786 g/mol. The van der Waals surface area contributed by atoms with Crippen molar-refractivity contribution in [3.8, 4) is 0 Å². The quantitative estimate of drug-likeness (QED) is 0.0866. The van der Waals surface area contributed by atoms with Gasteiger partial charge in [-0.3, -0.25) is 34.3 Å². The van der Waals surface area contributed by atoms with Gasteiger partial charge in [0.15, 0.2) is 17.3 Å². The Kier molecular flexibility index (Phi) is 18.7. The average Bonchev–Trinajstić information content (AvgIpc) is 3.21. The van der Waals surface area contributed by atoms with E-state index in [1.54, 1.807) is 24.3 Å². The van der Waals surface area contributed by atoms with Crippen LogP contribution in [0.5, 0.6) is 0 Å². The number of nitro benzene ring substituents is 1. The summed E-state index contributed by atoms with van der Waals surface area (Å²) in [5.41, 5.74) is 17.3. The van der Waals surface area contributed by atoms with E-state index in [0.29, 0.717) is 59.9 Å². The predicted octanol–water partition coefficient (Wildman–Crippen LogP) is 6.70. The number of Topliss-reactive ketones (excluding diaryl/α,β-unsaturated/α-hetero) is 3. The molecule has 14 nitrogen and oxygen atoms in total. The van der Waals surface area contributed by atoms with Crippen LogP contribution >= 0.6 is 0 Å². The van der Waals surface area contributed by atoms with Crippen LogP contribution in [-0.2, 0) is 0 Å². The lowest BCUT2D eigenvalue weighted by atomic mass is 10.1. The van der Waals surface area contributed by atoms with Gasteiger partial charge in [-0.05, 0) is 121 Å². The third-order valence-electron chi connectivity index (χ3n) is 10.3. The summed E-state index contributed by atoms with van der Waals surface area (Å²) >= 11 is 0. The van der Waals surface area contributed by atoms with Crippen LogP contribution in [-0.4, -0.2) is 105 Å². The molecule has 0 saturated heterocycles. The zero-order valence-corrected chi connectivity index (χ0v) is 33.9. The maximum absolute atomic E-state index is 12.2. The Bertz CT molecular complexity index is 1790. The topological polar surface area (TPSA) is 201 Å². The van der Waals surface area contributed by atoms with Gasteiger partial charge in [-0.1, -0.05) is 32.1 Å². The van der Waals surface area contributed by atoms with E-state index in [4.69, 9.17) is 11.5 Å². The molecule has 14 heteroatoms. The lowest BCUT2D eigenvalue weighted by Gasteiger charge is -2.17. The summed E-state index contributed by atoms with van der Waals surface area (Å²) < 4.78 is 0. The zero-order chi connectivity index (χ0) is 41.0. The Morgan fingerprint density at radius 2 is 0.947 bits per heavy atom. The molecule has 6 aliphatic heterocycles. The fraction of sp³-hybridized carbons (Fsp3) is 0.512. The van der Waals surface area contributed by atoms with Crippen LogP contribution in [0.2, 0.25) is 0 Å². The van der Waals surface area contributed by atoms with E-state index >= 15 is 0 Å². The van der Waals surface area contributed by atoms with Crippen LogP contribution in [0, 0.1) is 10.1 Å². The number of nitrogens with one attached hydrogen (secondary N) is 4. The highest BCUT2D eigenvalue weighted by Crippen LogP contribution is 2.27. The maximum Gasteiger partial charge on any atom is 0.293 e. The number of nitrogen functional groups attached to an aromatic ring is 2. The van der Waals surface area contributed by atoms with Crippen molar-refractivity contribution in [1.29, 1.82) is 0 Å². The molecular weight excluding hydrogens is 723 g/mol. The lowest BCUT2D eigenvalue weighted by Crippen LogP contribution is -2.27. The number of rotatable bonds is 1. The smallest absolute Gasteiger partial charge is 0.293 e. The molecule has 9 rings (SSSR count). The van der Waals surface area contributed by atoms with Gasteiger partial charge in [0.05, 0.1) is 47.3 Å². The van der Waals surface area contributed by atoms with E-state index < -0.39 is 4.92 Å². The molecule has 0 fully saturated rings. The summed E-state index contributed by atoms with van der Waals surface area (Å²) in [4.78, 5) is 51.0. The number of hydrogen-bond acceptors (Lipinski definition) is 13. The van der Waals surface area contributed by atoms with Gasteiger partial charge in [-0.2, -0.15) is 0 Å². The molecule has 0 unspecified atom stereocenters. The van der Waals surface area contributed by atoms with Crippen LogP contribution in [0.1, 0.15) is 102 Å². The number of nitro groups is 1. The number of fused-ring (bicyclic) bond motifs is 32. The Hall–Kier alpha value is -5.05. The summed E-state index contributed by atoms with van der Waals surface area (Å²) in [6.45, 7) is 6.49. The number of benzene rings is 3. The summed E-state index contributed by atoms with van der Waals surface area (Å²) in [5, 5.41) is 24.1. The van der Waals surface area contributed by atoms with Gasteiger partial charge >= 0.3 is 0 Å². The van der Waals surface area contributed by atoms with Crippen molar-refractivity contribution in [3.05, 3.63) is 81.4 Å². The highest BCUT2D eigenvalue weighted by molar-refractivity contribution is 6.00. The van der Waals surface area contributed by atoms with Crippen LogP contribution in [0.15, 0.2) is 54.6 Å².